The van der Waals surface area contributed by atoms with E-state index in [0.717, 1.165) is 0 Å². The van der Waals surface area contributed by atoms with Crippen LogP contribution in [0.25, 0.3) is 0 Å². The van der Waals surface area contributed by atoms with Crippen LogP contribution >= 0.6 is 0 Å². The van der Waals surface area contributed by atoms with Crippen molar-refractivity contribution < 1.29 is 0 Å². The van der Waals surface area contributed by atoms with E-state index in [1.165, 1.54) is 0 Å². The number of hydrogen-bond donors (Lipinski definition) is 0. The quantitative estimate of drug-likeness (QED) is 0.579. The maximum atomic E-state index is 4.22. The molecule has 0 N–H and O–H groups in total. The monoisotopic (exact) mass is 236 g/mol. The van der Waals surface area contributed by atoms with Crippen molar-refractivity contribution in [3.8, 4) is 0 Å². The van der Waals surface area contributed by atoms with Gasteiger partial charge in [-0.25, -0.2) is 0 Å². The van der Waals surface area contributed by atoms with Crippen LogP contribution in [0.2, 0.25) is 0 Å². The van der Waals surface area contributed by atoms with Crippen molar-refractivity contribution in [3.63, 3.8) is 0 Å². The van der Waals surface area contributed by atoms with Gasteiger partial charge in [-0.05, 0) is 18.2 Å². The molecule has 0 aromatic carbocycles. The number of rotatable bonds is 3. The first-order chi connectivity index (χ1) is 7.95. The molecule has 0 aliphatic heterocycles. The Morgan fingerprint density at radius 2 is 1.00 bits per heavy atom. The molecule has 8 heteroatoms. The minimum Gasteiger partial charge on any atom is -0.269 e. The zero-order chi connectivity index (χ0) is 10.8. The van der Waals surface area contributed by atoms with Gasteiger partial charge in [0.1, 0.15) is 0 Å². The number of aromatic nitrogens is 6. The smallest absolute Gasteiger partial charge is 0.269 e. The van der Waals surface area contributed by atoms with Gasteiger partial charge in [0.05, 0.1) is 0 Å². The Morgan fingerprint density at radius 3 is 1.24 bits per heavy atom. The van der Waals surface area contributed by atoms with Crippen molar-refractivity contribution in [2.75, 3.05) is 0 Å². The maximum Gasteiger partial charge on any atom is 0.568 e. The number of nitrogens with zero attached hydrogens (tertiary/aromatic N) is 6. The van der Waals surface area contributed by atoms with Crippen LogP contribution in [0, 0.1) is 0 Å². The van der Waals surface area contributed by atoms with Crippen LogP contribution in [0.15, 0.2) is 55.4 Å². The van der Waals surface area contributed by atoms with E-state index in [0.29, 0.717) is 0 Å². The zero-order valence-corrected chi connectivity index (χ0v) is 8.46. The van der Waals surface area contributed by atoms with Crippen LogP contribution in [-0.4, -0.2) is 65.7 Å². The fourth-order valence-corrected chi connectivity index (χ4v) is 1.62. The van der Waals surface area contributed by atoms with Gasteiger partial charge in [-0.1, -0.05) is 0 Å². The molecule has 3 rings (SSSR count). The van der Waals surface area contributed by atoms with Gasteiger partial charge in [0, 0.05) is 37.2 Å². The molecular formula is C9H10BN6Na. The summed E-state index contributed by atoms with van der Waals surface area (Å²) in [6.45, 7) is 0. The molecule has 6 nitrogen and oxygen atoms in total. The Morgan fingerprint density at radius 1 is 0.647 bits per heavy atom. The molecule has 0 radical (unpaired) electrons. The molecule has 0 fully saturated rings. The van der Waals surface area contributed by atoms with Gasteiger partial charge in [-0.3, -0.25) is 13.8 Å². The molecule has 0 bridgehead atoms. The fraction of sp³-hybridized carbons (Fsp3) is 0. The van der Waals surface area contributed by atoms with E-state index >= 15 is 0 Å². The predicted molar refractivity (Wildman–Crippen MR) is 65.8 cm³/mol. The minimum absolute atomic E-state index is 0. The molecule has 0 atom stereocenters. The van der Waals surface area contributed by atoms with Crippen LogP contribution in [0.3, 0.4) is 0 Å². The number of hydrogen-bond acceptors (Lipinski definition) is 3. The molecule has 0 aliphatic rings. The second-order valence-electron chi connectivity index (χ2n) is 3.30. The first-order valence-corrected chi connectivity index (χ1v) is 4.92. The molecule has 17 heavy (non-hydrogen) atoms. The molecule has 3 heterocycles. The Labute approximate surface area is 121 Å². The van der Waals surface area contributed by atoms with E-state index in [-0.39, 0.29) is 36.7 Å². The van der Waals surface area contributed by atoms with Crippen LogP contribution in [0.1, 0.15) is 0 Å². The van der Waals surface area contributed by atoms with Crippen molar-refractivity contribution in [3.05, 3.63) is 55.4 Å². The Bertz CT molecular complexity index is 451. The van der Waals surface area contributed by atoms with Crippen LogP contribution in [0.4, 0.5) is 0 Å². The van der Waals surface area contributed by atoms with Crippen molar-refractivity contribution in [2.24, 2.45) is 0 Å². The molecule has 0 amide bonds. The third kappa shape index (κ3) is 2.36. The van der Waals surface area contributed by atoms with Crippen LogP contribution < -0.4 is 0 Å². The van der Waals surface area contributed by atoms with Gasteiger partial charge in [0.2, 0.25) is 0 Å². The Kier molecular flexibility index (Phi) is 3.83. The van der Waals surface area contributed by atoms with Gasteiger partial charge >= 0.3 is 36.7 Å². The van der Waals surface area contributed by atoms with Crippen molar-refractivity contribution in [2.45, 2.75) is 0 Å². The molecular weight excluding hydrogens is 226 g/mol. The fourth-order valence-electron chi connectivity index (χ4n) is 1.62. The summed E-state index contributed by atoms with van der Waals surface area (Å²) in [5.41, 5.74) is 0. The molecule has 0 aliphatic carbocycles. The van der Waals surface area contributed by atoms with E-state index in [1.54, 1.807) is 32.4 Å². The topological polar surface area (TPSA) is 53.5 Å². The minimum atomic E-state index is -0.194. The molecule has 0 unspecified atom stereocenters. The summed E-state index contributed by atoms with van der Waals surface area (Å²) < 4.78 is 5.38. The van der Waals surface area contributed by atoms with Crippen LogP contribution in [0.5, 0.6) is 0 Å². The maximum absolute atomic E-state index is 4.22. The zero-order valence-electron chi connectivity index (χ0n) is 8.46. The van der Waals surface area contributed by atoms with Crippen molar-refractivity contribution in [1.82, 2.24) is 29.1 Å². The van der Waals surface area contributed by atoms with Crippen molar-refractivity contribution >= 4 is 36.7 Å². The van der Waals surface area contributed by atoms with E-state index in [4.69, 9.17) is 0 Å². The van der Waals surface area contributed by atoms with E-state index in [2.05, 4.69) is 15.3 Å². The SMILES string of the molecule is [NaH].c1cnn(B(n2cccn2)n2cccn2)c1. The third-order valence-electron chi connectivity index (χ3n) is 2.28. The van der Waals surface area contributed by atoms with Crippen LogP contribution in [-0.2, 0) is 0 Å². The first-order valence-electron chi connectivity index (χ1n) is 4.92. The Hall–Kier alpha value is -1.31. The summed E-state index contributed by atoms with van der Waals surface area (Å²) in [7, 11) is -0.194. The second kappa shape index (κ2) is 5.35. The van der Waals surface area contributed by atoms with Gasteiger partial charge in [0.15, 0.2) is 0 Å². The molecule has 0 spiro atoms. The first kappa shape index (κ1) is 12.2. The third-order valence-corrected chi connectivity index (χ3v) is 2.28. The largest absolute Gasteiger partial charge is 0.568 e. The average molecular weight is 236 g/mol. The van der Waals surface area contributed by atoms with Gasteiger partial charge in [-0.2, -0.15) is 15.3 Å². The summed E-state index contributed by atoms with van der Waals surface area (Å²) in [5, 5.41) is 12.7. The summed E-state index contributed by atoms with van der Waals surface area (Å²) in [5.74, 6) is 0. The molecule has 3 aromatic rings. The van der Waals surface area contributed by atoms with Crippen molar-refractivity contribution in [1.29, 1.82) is 0 Å². The second-order valence-corrected chi connectivity index (χ2v) is 3.30. The molecule has 3 aromatic heterocycles. The standard InChI is InChI=1S/C9H9BN6.Na.H/c1-4-11-14(7-1)10(15-8-2-5-12-15)16-9-3-6-13-16;;/h1-9H;;. The summed E-state index contributed by atoms with van der Waals surface area (Å²) in [6.07, 6.45) is 10.9. The van der Waals surface area contributed by atoms with E-state index in [1.807, 2.05) is 36.8 Å². The van der Waals surface area contributed by atoms with E-state index < -0.39 is 0 Å². The predicted octanol–water partition coefficient (Wildman–Crippen LogP) is -0.443. The molecule has 0 saturated carbocycles. The van der Waals surface area contributed by atoms with Gasteiger partial charge < -0.3 is 0 Å². The molecule has 0 saturated heterocycles. The van der Waals surface area contributed by atoms with Gasteiger partial charge in [0.25, 0.3) is 0 Å². The van der Waals surface area contributed by atoms with Gasteiger partial charge in [-0.15, -0.1) is 0 Å². The van der Waals surface area contributed by atoms with E-state index in [9.17, 15) is 0 Å². The average Bonchev–Trinajstić information content (AvgIpc) is 3.02. The normalized spacial score (nSPS) is 9.88. The Balaban J connectivity index is 0.00000108. The molecule has 80 valence electrons. The summed E-state index contributed by atoms with van der Waals surface area (Å²) in [6, 6.07) is 5.62. The summed E-state index contributed by atoms with van der Waals surface area (Å²) in [4.78, 5) is 0. The summed E-state index contributed by atoms with van der Waals surface area (Å²) >= 11 is 0.